The highest BCUT2D eigenvalue weighted by molar-refractivity contribution is 9.10. The van der Waals surface area contributed by atoms with E-state index >= 15 is 0 Å². The SMILES string of the molecule is Cc1nc(Nc2ccc(C#N)cc2Br)sc1C. The fourth-order valence-electron chi connectivity index (χ4n) is 1.33. The highest BCUT2D eigenvalue weighted by Crippen LogP contribution is 2.29. The van der Waals surface area contributed by atoms with Gasteiger partial charge < -0.3 is 5.32 Å². The number of hydrogen-bond acceptors (Lipinski definition) is 4. The lowest BCUT2D eigenvalue weighted by Crippen LogP contribution is -1.91. The van der Waals surface area contributed by atoms with Crippen molar-refractivity contribution in [2.75, 3.05) is 5.32 Å². The predicted octanol–water partition coefficient (Wildman–Crippen LogP) is 4.14. The second-order valence-electron chi connectivity index (χ2n) is 3.59. The molecule has 1 aromatic carbocycles. The summed E-state index contributed by atoms with van der Waals surface area (Å²) >= 11 is 5.05. The van der Waals surface area contributed by atoms with Crippen molar-refractivity contribution < 1.29 is 0 Å². The molecule has 2 aromatic rings. The topological polar surface area (TPSA) is 48.7 Å². The van der Waals surface area contributed by atoms with E-state index in [1.165, 1.54) is 4.88 Å². The number of thiazole rings is 1. The van der Waals surface area contributed by atoms with E-state index in [0.717, 1.165) is 21.0 Å². The zero-order valence-corrected chi connectivity index (χ0v) is 11.8. The summed E-state index contributed by atoms with van der Waals surface area (Å²) in [7, 11) is 0. The Bertz CT molecular complexity index is 579. The Morgan fingerprint density at radius 3 is 2.71 bits per heavy atom. The minimum Gasteiger partial charge on any atom is -0.331 e. The van der Waals surface area contributed by atoms with Crippen molar-refractivity contribution in [1.29, 1.82) is 5.26 Å². The highest BCUT2D eigenvalue weighted by Gasteiger charge is 2.06. The maximum Gasteiger partial charge on any atom is 0.187 e. The predicted molar refractivity (Wildman–Crippen MR) is 73.7 cm³/mol. The molecule has 0 saturated carbocycles. The normalized spacial score (nSPS) is 10.0. The monoisotopic (exact) mass is 307 g/mol. The number of aryl methyl sites for hydroxylation is 2. The number of aromatic nitrogens is 1. The zero-order valence-electron chi connectivity index (χ0n) is 9.41. The third kappa shape index (κ3) is 2.65. The number of nitriles is 1. The number of anilines is 2. The molecule has 0 spiro atoms. The Hall–Kier alpha value is -1.38. The quantitative estimate of drug-likeness (QED) is 0.907. The summed E-state index contributed by atoms with van der Waals surface area (Å²) in [5.74, 6) is 0. The minimum absolute atomic E-state index is 0.633. The van der Waals surface area contributed by atoms with E-state index in [1.54, 1.807) is 23.5 Å². The highest BCUT2D eigenvalue weighted by atomic mass is 79.9. The Labute approximate surface area is 112 Å². The van der Waals surface area contributed by atoms with Crippen molar-refractivity contribution >= 4 is 38.1 Å². The Morgan fingerprint density at radius 2 is 2.18 bits per heavy atom. The number of nitrogens with one attached hydrogen (secondary N) is 1. The van der Waals surface area contributed by atoms with Crippen LogP contribution in [0.25, 0.3) is 0 Å². The van der Waals surface area contributed by atoms with Crippen LogP contribution in [0.5, 0.6) is 0 Å². The van der Waals surface area contributed by atoms with Crippen LogP contribution in [0.1, 0.15) is 16.1 Å². The van der Waals surface area contributed by atoms with E-state index in [9.17, 15) is 0 Å². The van der Waals surface area contributed by atoms with E-state index in [1.807, 2.05) is 19.9 Å². The van der Waals surface area contributed by atoms with Crippen LogP contribution in [-0.4, -0.2) is 4.98 Å². The molecule has 17 heavy (non-hydrogen) atoms. The first-order valence-electron chi connectivity index (χ1n) is 5.01. The average Bonchev–Trinajstić information content (AvgIpc) is 2.61. The molecule has 0 amide bonds. The molecule has 2 rings (SSSR count). The second kappa shape index (κ2) is 4.86. The molecule has 0 aliphatic heterocycles. The number of nitrogens with zero attached hydrogens (tertiary/aromatic N) is 2. The first kappa shape index (κ1) is 12.1. The minimum atomic E-state index is 0.633. The van der Waals surface area contributed by atoms with Crippen LogP contribution in [-0.2, 0) is 0 Å². The molecule has 3 nitrogen and oxygen atoms in total. The molecule has 0 bridgehead atoms. The van der Waals surface area contributed by atoms with Gasteiger partial charge in [0.1, 0.15) is 0 Å². The van der Waals surface area contributed by atoms with Crippen molar-refractivity contribution in [1.82, 2.24) is 4.98 Å². The fourth-order valence-corrected chi connectivity index (χ4v) is 2.63. The molecule has 0 saturated heterocycles. The first-order valence-corrected chi connectivity index (χ1v) is 6.62. The lowest BCUT2D eigenvalue weighted by Gasteiger charge is -2.05. The summed E-state index contributed by atoms with van der Waals surface area (Å²) in [6, 6.07) is 7.54. The molecular formula is C12H10BrN3S. The van der Waals surface area contributed by atoms with E-state index in [4.69, 9.17) is 5.26 Å². The molecule has 0 fully saturated rings. The van der Waals surface area contributed by atoms with Crippen LogP contribution in [0.4, 0.5) is 10.8 Å². The van der Waals surface area contributed by atoms with E-state index in [2.05, 4.69) is 32.3 Å². The largest absolute Gasteiger partial charge is 0.331 e. The van der Waals surface area contributed by atoms with Gasteiger partial charge in [-0.15, -0.1) is 11.3 Å². The molecule has 1 N–H and O–H groups in total. The maximum atomic E-state index is 8.78. The van der Waals surface area contributed by atoms with Crippen LogP contribution < -0.4 is 5.32 Å². The number of halogens is 1. The Balaban J connectivity index is 2.28. The van der Waals surface area contributed by atoms with Gasteiger partial charge in [0, 0.05) is 9.35 Å². The molecule has 0 aliphatic rings. The maximum absolute atomic E-state index is 8.78. The third-order valence-electron chi connectivity index (χ3n) is 2.37. The fraction of sp³-hybridized carbons (Fsp3) is 0.167. The molecule has 0 atom stereocenters. The van der Waals surface area contributed by atoms with Gasteiger partial charge in [0.25, 0.3) is 0 Å². The molecule has 5 heteroatoms. The molecule has 0 aliphatic carbocycles. The van der Waals surface area contributed by atoms with Gasteiger partial charge in [-0.05, 0) is 48.0 Å². The average molecular weight is 308 g/mol. The molecule has 0 unspecified atom stereocenters. The van der Waals surface area contributed by atoms with Gasteiger partial charge in [-0.3, -0.25) is 0 Å². The van der Waals surface area contributed by atoms with Crippen LogP contribution in [0.2, 0.25) is 0 Å². The molecule has 0 radical (unpaired) electrons. The van der Waals surface area contributed by atoms with Crippen LogP contribution in [0.15, 0.2) is 22.7 Å². The summed E-state index contributed by atoms with van der Waals surface area (Å²) in [6.45, 7) is 4.04. The van der Waals surface area contributed by atoms with Crippen LogP contribution >= 0.6 is 27.3 Å². The van der Waals surface area contributed by atoms with Gasteiger partial charge in [0.15, 0.2) is 5.13 Å². The van der Waals surface area contributed by atoms with Crippen molar-refractivity contribution in [2.45, 2.75) is 13.8 Å². The van der Waals surface area contributed by atoms with Gasteiger partial charge in [0.2, 0.25) is 0 Å². The van der Waals surface area contributed by atoms with Gasteiger partial charge in [-0.2, -0.15) is 5.26 Å². The van der Waals surface area contributed by atoms with E-state index in [-0.39, 0.29) is 0 Å². The molecule has 86 valence electrons. The van der Waals surface area contributed by atoms with Gasteiger partial charge >= 0.3 is 0 Å². The molecule has 1 aromatic heterocycles. The van der Waals surface area contributed by atoms with Crippen LogP contribution in [0.3, 0.4) is 0 Å². The lowest BCUT2D eigenvalue weighted by atomic mass is 10.2. The third-order valence-corrected chi connectivity index (χ3v) is 4.01. The Morgan fingerprint density at radius 1 is 1.41 bits per heavy atom. The number of benzene rings is 1. The van der Waals surface area contributed by atoms with Gasteiger partial charge in [0.05, 0.1) is 23.0 Å². The number of rotatable bonds is 2. The van der Waals surface area contributed by atoms with Crippen molar-refractivity contribution in [3.8, 4) is 6.07 Å². The van der Waals surface area contributed by atoms with Crippen molar-refractivity contribution in [3.05, 3.63) is 38.8 Å². The smallest absolute Gasteiger partial charge is 0.187 e. The summed E-state index contributed by atoms with van der Waals surface area (Å²) in [6.07, 6.45) is 0. The summed E-state index contributed by atoms with van der Waals surface area (Å²) in [5.41, 5.74) is 2.59. The van der Waals surface area contributed by atoms with Gasteiger partial charge in [-0.1, -0.05) is 0 Å². The van der Waals surface area contributed by atoms with Crippen LogP contribution in [0, 0.1) is 25.2 Å². The molecular weight excluding hydrogens is 298 g/mol. The molecule has 1 heterocycles. The summed E-state index contributed by atoms with van der Waals surface area (Å²) in [5, 5.41) is 12.9. The summed E-state index contributed by atoms with van der Waals surface area (Å²) in [4.78, 5) is 5.62. The van der Waals surface area contributed by atoms with Crippen molar-refractivity contribution in [2.24, 2.45) is 0 Å². The van der Waals surface area contributed by atoms with Crippen molar-refractivity contribution in [3.63, 3.8) is 0 Å². The Kier molecular flexibility index (Phi) is 3.46. The van der Waals surface area contributed by atoms with Gasteiger partial charge in [-0.25, -0.2) is 4.98 Å². The van der Waals surface area contributed by atoms with E-state index in [0.29, 0.717) is 5.56 Å². The number of hydrogen-bond donors (Lipinski definition) is 1. The standard InChI is InChI=1S/C12H10BrN3S/c1-7-8(2)17-12(15-7)16-11-4-3-9(6-14)5-10(11)13/h3-5H,1-2H3,(H,15,16). The van der Waals surface area contributed by atoms with E-state index < -0.39 is 0 Å². The summed E-state index contributed by atoms with van der Waals surface area (Å²) < 4.78 is 0.863. The lowest BCUT2D eigenvalue weighted by molar-refractivity contribution is 1.23. The zero-order chi connectivity index (χ0) is 12.4. The first-order chi connectivity index (χ1) is 8.10. The second-order valence-corrected chi connectivity index (χ2v) is 5.65.